The number of carbonyl (C=O) groups excluding carboxylic acids is 1. The van der Waals surface area contributed by atoms with Gasteiger partial charge in [0.05, 0.1) is 30.1 Å². The maximum absolute atomic E-state index is 11.6. The van der Waals surface area contributed by atoms with Gasteiger partial charge in [0.15, 0.2) is 11.5 Å². The van der Waals surface area contributed by atoms with Crippen LogP contribution in [0.5, 0.6) is 11.5 Å². The molecule has 3 aromatic carbocycles. The van der Waals surface area contributed by atoms with Gasteiger partial charge in [-0.2, -0.15) is 10.3 Å². The Balaban J connectivity index is 1.87. The maximum atomic E-state index is 11.6. The van der Waals surface area contributed by atoms with Crippen molar-refractivity contribution in [1.29, 1.82) is 5.26 Å². The van der Waals surface area contributed by atoms with E-state index in [9.17, 15) is 4.79 Å². The molecular formula is C23H20N2O4. The summed E-state index contributed by atoms with van der Waals surface area (Å²) in [5.41, 5.74) is 2.73. The van der Waals surface area contributed by atoms with Gasteiger partial charge in [0.2, 0.25) is 0 Å². The number of nitriles is 1. The first-order valence-electron chi connectivity index (χ1n) is 8.94. The van der Waals surface area contributed by atoms with Gasteiger partial charge in [-0.05, 0) is 42.0 Å². The third-order valence-corrected chi connectivity index (χ3v) is 4.07. The highest BCUT2D eigenvalue weighted by Crippen LogP contribution is 2.35. The Morgan fingerprint density at radius 3 is 2.28 bits per heavy atom. The third-order valence-electron chi connectivity index (χ3n) is 4.07. The number of carbonyl (C=O) groups is 1. The largest absolute Gasteiger partial charge is 0.493 e. The van der Waals surface area contributed by atoms with E-state index in [4.69, 9.17) is 19.6 Å². The lowest BCUT2D eigenvalue weighted by molar-refractivity contribution is -0.141. The van der Waals surface area contributed by atoms with Crippen LogP contribution >= 0.6 is 0 Å². The molecule has 3 aromatic rings. The van der Waals surface area contributed by atoms with Crippen molar-refractivity contribution in [3.8, 4) is 17.6 Å². The van der Waals surface area contributed by atoms with Gasteiger partial charge in [-0.3, -0.25) is 0 Å². The van der Waals surface area contributed by atoms with E-state index in [-0.39, 0.29) is 0 Å². The van der Waals surface area contributed by atoms with Crippen molar-refractivity contribution >= 4 is 17.3 Å². The molecule has 0 amide bonds. The van der Waals surface area contributed by atoms with Crippen molar-refractivity contribution < 1.29 is 19.1 Å². The molecule has 6 heteroatoms. The van der Waals surface area contributed by atoms with Gasteiger partial charge < -0.3 is 14.3 Å². The summed E-state index contributed by atoms with van der Waals surface area (Å²) in [5.74, 6) is 0.602. The summed E-state index contributed by atoms with van der Waals surface area (Å²) < 4.78 is 11.3. The number of nitrogens with zero attached hydrogens (tertiary/aromatic N) is 2. The zero-order valence-electron chi connectivity index (χ0n) is 16.2. The molecule has 0 aliphatic carbocycles. The zero-order valence-corrected chi connectivity index (χ0v) is 16.2. The van der Waals surface area contributed by atoms with E-state index in [1.54, 1.807) is 49.6 Å². The van der Waals surface area contributed by atoms with Crippen molar-refractivity contribution in [2.24, 2.45) is 0 Å². The van der Waals surface area contributed by atoms with Crippen LogP contribution in [0, 0.1) is 11.3 Å². The molecule has 146 valence electrons. The van der Waals surface area contributed by atoms with Crippen LogP contribution in [0.3, 0.4) is 0 Å². The van der Waals surface area contributed by atoms with Crippen LogP contribution in [0.2, 0.25) is 0 Å². The minimum absolute atomic E-state index is 0.403. The second-order valence-electron chi connectivity index (χ2n) is 6.15. The number of hydrogen-bond acceptors (Lipinski definition) is 6. The molecule has 0 aliphatic heterocycles. The summed E-state index contributed by atoms with van der Waals surface area (Å²) in [6, 6.07) is 23.8. The summed E-state index contributed by atoms with van der Waals surface area (Å²) in [7, 11) is 1.55. The van der Waals surface area contributed by atoms with E-state index in [1.807, 2.05) is 30.3 Å². The van der Waals surface area contributed by atoms with Gasteiger partial charge in [-0.15, -0.1) is 0 Å². The Morgan fingerprint density at radius 2 is 1.66 bits per heavy atom. The molecule has 0 fully saturated rings. The molecular weight excluding hydrogens is 368 g/mol. The standard InChI is InChI=1S/C23H20N2O4/c1-17(26)29-25(20-10-8-18(15-24)9-11-20)21-12-13-22(23(14-21)27-2)28-16-19-6-4-3-5-7-19/h3-14H,16H2,1-2H3. The van der Waals surface area contributed by atoms with Crippen molar-refractivity contribution in [2.45, 2.75) is 13.5 Å². The Kier molecular flexibility index (Phi) is 6.33. The summed E-state index contributed by atoms with van der Waals surface area (Å²) >= 11 is 0. The van der Waals surface area contributed by atoms with Crippen LogP contribution in [0.25, 0.3) is 0 Å². The average molecular weight is 388 g/mol. The van der Waals surface area contributed by atoms with Crippen LogP contribution < -0.4 is 14.5 Å². The highest BCUT2D eigenvalue weighted by atomic mass is 16.7. The molecule has 0 spiro atoms. The number of methoxy groups -OCH3 is 1. The van der Waals surface area contributed by atoms with Crippen LogP contribution in [0.15, 0.2) is 72.8 Å². The first-order valence-corrected chi connectivity index (χ1v) is 8.94. The minimum atomic E-state index is -0.474. The molecule has 0 unspecified atom stereocenters. The molecule has 29 heavy (non-hydrogen) atoms. The molecule has 3 rings (SSSR count). The van der Waals surface area contributed by atoms with Crippen molar-refractivity contribution in [3.63, 3.8) is 0 Å². The van der Waals surface area contributed by atoms with E-state index in [0.717, 1.165) is 5.56 Å². The van der Waals surface area contributed by atoms with Crippen molar-refractivity contribution in [2.75, 3.05) is 12.2 Å². The van der Waals surface area contributed by atoms with E-state index in [1.165, 1.54) is 12.0 Å². The fourth-order valence-electron chi connectivity index (χ4n) is 2.69. The van der Waals surface area contributed by atoms with Gasteiger partial charge >= 0.3 is 5.97 Å². The smallest absolute Gasteiger partial charge is 0.329 e. The van der Waals surface area contributed by atoms with Crippen LogP contribution in [-0.2, 0) is 16.2 Å². The predicted octanol–water partition coefficient (Wildman–Crippen LogP) is 4.76. The molecule has 0 heterocycles. The number of rotatable bonds is 7. The summed E-state index contributed by atoms with van der Waals surface area (Å²) in [4.78, 5) is 17.0. The quantitative estimate of drug-likeness (QED) is 0.543. The Labute approximate surface area is 169 Å². The monoisotopic (exact) mass is 388 g/mol. The first-order chi connectivity index (χ1) is 14.1. The summed E-state index contributed by atoms with van der Waals surface area (Å²) in [5, 5.41) is 10.4. The molecule has 0 N–H and O–H groups in total. The van der Waals surface area contributed by atoms with Gasteiger partial charge in [-0.1, -0.05) is 30.3 Å². The van der Waals surface area contributed by atoms with Crippen LogP contribution in [-0.4, -0.2) is 13.1 Å². The van der Waals surface area contributed by atoms with Gasteiger partial charge in [-0.25, -0.2) is 4.79 Å². The molecule has 0 aromatic heterocycles. The molecule has 0 radical (unpaired) electrons. The normalized spacial score (nSPS) is 9.97. The van der Waals surface area contributed by atoms with Gasteiger partial charge in [0.25, 0.3) is 0 Å². The number of benzene rings is 3. The third kappa shape index (κ3) is 5.05. The highest BCUT2D eigenvalue weighted by Gasteiger charge is 2.16. The molecule has 0 atom stereocenters. The molecule has 0 aliphatic rings. The molecule has 0 bridgehead atoms. The second-order valence-corrected chi connectivity index (χ2v) is 6.15. The van der Waals surface area contributed by atoms with Crippen LogP contribution in [0.4, 0.5) is 11.4 Å². The fourth-order valence-corrected chi connectivity index (χ4v) is 2.69. The summed E-state index contributed by atoms with van der Waals surface area (Å²) in [6.45, 7) is 1.73. The lowest BCUT2D eigenvalue weighted by Crippen LogP contribution is -2.20. The number of ether oxygens (including phenoxy) is 2. The lowest BCUT2D eigenvalue weighted by Gasteiger charge is -2.23. The zero-order chi connectivity index (χ0) is 20.6. The van der Waals surface area contributed by atoms with E-state index >= 15 is 0 Å². The van der Waals surface area contributed by atoms with E-state index in [2.05, 4.69) is 6.07 Å². The Hall–Kier alpha value is -3.98. The molecule has 0 saturated carbocycles. The first kappa shape index (κ1) is 19.8. The Bertz CT molecular complexity index is 1010. The fraction of sp³-hybridized carbons (Fsp3) is 0.130. The van der Waals surface area contributed by atoms with E-state index in [0.29, 0.717) is 35.0 Å². The van der Waals surface area contributed by atoms with E-state index < -0.39 is 5.97 Å². The Morgan fingerprint density at radius 1 is 0.966 bits per heavy atom. The summed E-state index contributed by atoms with van der Waals surface area (Å²) in [6.07, 6.45) is 0. The predicted molar refractivity (Wildman–Crippen MR) is 109 cm³/mol. The van der Waals surface area contributed by atoms with Crippen molar-refractivity contribution in [1.82, 2.24) is 0 Å². The van der Waals surface area contributed by atoms with Gasteiger partial charge in [0, 0.05) is 13.0 Å². The second kappa shape index (κ2) is 9.29. The molecule has 6 nitrogen and oxygen atoms in total. The van der Waals surface area contributed by atoms with Crippen molar-refractivity contribution in [3.05, 3.63) is 83.9 Å². The topological polar surface area (TPSA) is 71.8 Å². The van der Waals surface area contributed by atoms with Crippen LogP contribution in [0.1, 0.15) is 18.1 Å². The SMILES string of the molecule is COc1cc(N(OC(C)=O)c2ccc(C#N)cc2)ccc1OCc1ccccc1. The molecule has 0 saturated heterocycles. The van der Waals surface area contributed by atoms with Gasteiger partial charge in [0.1, 0.15) is 6.61 Å². The number of hydrogen-bond donors (Lipinski definition) is 0. The number of anilines is 2. The highest BCUT2D eigenvalue weighted by molar-refractivity contribution is 5.72. The lowest BCUT2D eigenvalue weighted by atomic mass is 10.2. The maximum Gasteiger partial charge on any atom is 0.329 e. The minimum Gasteiger partial charge on any atom is -0.493 e. The average Bonchev–Trinajstić information content (AvgIpc) is 2.76.